The molecule has 1 aliphatic heterocycles. The van der Waals surface area contributed by atoms with Crippen LogP contribution in [0.4, 0.5) is 8.78 Å². The highest BCUT2D eigenvalue weighted by Gasteiger charge is 2.34. The quantitative estimate of drug-likeness (QED) is 0.643. The summed E-state index contributed by atoms with van der Waals surface area (Å²) in [5.74, 6) is -1.51. The Morgan fingerprint density at radius 3 is 2.61 bits per heavy atom. The number of hydrogen-bond donors (Lipinski definition) is 1. The average Bonchev–Trinajstić information content (AvgIpc) is 2.80. The van der Waals surface area contributed by atoms with Gasteiger partial charge in [0.25, 0.3) is 0 Å². The molecule has 0 atom stereocenters. The molecule has 1 saturated carbocycles. The largest absolute Gasteiger partial charge is 0.347 e. The number of carbonyl (C=O) groups is 1. The lowest BCUT2D eigenvalue weighted by Crippen LogP contribution is -2.51. The van der Waals surface area contributed by atoms with E-state index < -0.39 is 11.6 Å². The van der Waals surface area contributed by atoms with Crippen LogP contribution in [0.25, 0.3) is 6.08 Å². The van der Waals surface area contributed by atoms with Gasteiger partial charge in [-0.25, -0.2) is 8.78 Å². The number of nitrogens with zero attached hydrogens (tertiary/aromatic N) is 1. The molecule has 0 bridgehead atoms. The number of rotatable bonds is 6. The third-order valence-corrected chi connectivity index (χ3v) is 6.70. The van der Waals surface area contributed by atoms with Crippen molar-refractivity contribution in [1.29, 1.82) is 0 Å². The van der Waals surface area contributed by atoms with Crippen LogP contribution in [0.1, 0.15) is 55.2 Å². The standard InChI is InChI=1S/C26H30F2N2O/c27-23-11-10-21-19-30(17-13-22(21)25(23)28)18-16-26(14-5-2-6-15-26)29-24(31)12-9-20-7-3-1-4-8-20/h1,3-4,7-12H,2,5-6,13-19H2,(H,29,31)/b12-9+. The Balaban J connectivity index is 1.38. The van der Waals surface area contributed by atoms with Gasteiger partial charge in [0.1, 0.15) is 0 Å². The van der Waals surface area contributed by atoms with E-state index in [1.165, 1.54) is 12.5 Å². The summed E-state index contributed by atoms with van der Waals surface area (Å²) in [6.45, 7) is 2.18. The maximum atomic E-state index is 14.0. The topological polar surface area (TPSA) is 32.3 Å². The lowest BCUT2D eigenvalue weighted by atomic mass is 9.79. The van der Waals surface area contributed by atoms with E-state index in [2.05, 4.69) is 10.2 Å². The molecule has 2 aromatic carbocycles. The molecule has 1 aliphatic carbocycles. The fraction of sp³-hybridized carbons (Fsp3) is 0.423. The highest BCUT2D eigenvalue weighted by atomic mass is 19.2. The number of amides is 1. The molecule has 3 nitrogen and oxygen atoms in total. The Hall–Kier alpha value is -2.53. The van der Waals surface area contributed by atoms with Gasteiger partial charge in [0.15, 0.2) is 11.6 Å². The zero-order chi connectivity index (χ0) is 21.7. The first-order chi connectivity index (χ1) is 15.0. The molecule has 2 aromatic rings. The van der Waals surface area contributed by atoms with E-state index in [9.17, 15) is 13.6 Å². The Labute approximate surface area is 183 Å². The number of halogens is 2. The van der Waals surface area contributed by atoms with Crippen molar-refractivity contribution in [2.24, 2.45) is 0 Å². The highest BCUT2D eigenvalue weighted by molar-refractivity contribution is 5.92. The predicted octanol–water partition coefficient (Wildman–Crippen LogP) is 5.25. The van der Waals surface area contributed by atoms with Crippen LogP contribution < -0.4 is 5.32 Å². The van der Waals surface area contributed by atoms with Crippen molar-refractivity contribution in [3.63, 3.8) is 0 Å². The van der Waals surface area contributed by atoms with Crippen LogP contribution in [0.3, 0.4) is 0 Å². The minimum atomic E-state index is -0.764. The summed E-state index contributed by atoms with van der Waals surface area (Å²) >= 11 is 0. The predicted molar refractivity (Wildman–Crippen MR) is 119 cm³/mol. The van der Waals surface area contributed by atoms with Gasteiger partial charge in [-0.3, -0.25) is 9.69 Å². The monoisotopic (exact) mass is 424 g/mol. The van der Waals surface area contributed by atoms with Gasteiger partial charge in [0, 0.05) is 31.2 Å². The minimum absolute atomic E-state index is 0.0488. The smallest absolute Gasteiger partial charge is 0.244 e. The van der Waals surface area contributed by atoms with Crippen molar-refractivity contribution in [3.8, 4) is 0 Å². The van der Waals surface area contributed by atoms with Gasteiger partial charge in [-0.15, -0.1) is 0 Å². The molecule has 0 radical (unpaired) electrons. The summed E-state index contributed by atoms with van der Waals surface area (Å²) in [4.78, 5) is 15.0. The van der Waals surface area contributed by atoms with E-state index in [1.54, 1.807) is 12.1 Å². The second-order valence-electron chi connectivity index (χ2n) is 8.85. The van der Waals surface area contributed by atoms with Gasteiger partial charge >= 0.3 is 0 Å². The van der Waals surface area contributed by atoms with Gasteiger partial charge in [0.2, 0.25) is 5.91 Å². The van der Waals surface area contributed by atoms with Gasteiger partial charge in [0.05, 0.1) is 0 Å². The van der Waals surface area contributed by atoms with Crippen LogP contribution in [-0.2, 0) is 17.8 Å². The molecule has 0 spiro atoms. The molecule has 1 amide bonds. The molecule has 164 valence electrons. The molecule has 31 heavy (non-hydrogen) atoms. The maximum Gasteiger partial charge on any atom is 0.244 e. The van der Waals surface area contributed by atoms with E-state index in [4.69, 9.17) is 0 Å². The number of hydrogen-bond acceptors (Lipinski definition) is 2. The third-order valence-electron chi connectivity index (χ3n) is 6.70. The molecule has 1 heterocycles. The SMILES string of the molecule is O=C(/C=C/c1ccccc1)NC1(CCN2CCc3c(ccc(F)c3F)C2)CCCCC1. The van der Waals surface area contributed by atoms with Crippen LogP contribution in [0, 0.1) is 11.6 Å². The first-order valence-corrected chi connectivity index (χ1v) is 11.3. The fourth-order valence-electron chi connectivity index (χ4n) is 4.91. The molecular formula is C26H30F2N2O. The van der Waals surface area contributed by atoms with Gasteiger partial charge < -0.3 is 5.32 Å². The van der Waals surface area contributed by atoms with Crippen molar-refractivity contribution >= 4 is 12.0 Å². The van der Waals surface area contributed by atoms with Crippen LogP contribution >= 0.6 is 0 Å². The molecule has 0 aromatic heterocycles. The Kier molecular flexibility index (Phi) is 6.81. The van der Waals surface area contributed by atoms with Crippen molar-refractivity contribution in [2.45, 2.75) is 57.0 Å². The first kappa shape index (κ1) is 21.7. The zero-order valence-electron chi connectivity index (χ0n) is 17.9. The molecule has 2 aliphatic rings. The number of carbonyl (C=O) groups excluding carboxylic acids is 1. The molecule has 1 fully saturated rings. The van der Waals surface area contributed by atoms with Gasteiger partial charge in [-0.2, -0.15) is 0 Å². The Morgan fingerprint density at radius 2 is 1.84 bits per heavy atom. The fourth-order valence-corrected chi connectivity index (χ4v) is 4.91. The van der Waals surface area contributed by atoms with Crippen LogP contribution in [0.5, 0.6) is 0 Å². The maximum absolute atomic E-state index is 14.0. The second kappa shape index (κ2) is 9.73. The Morgan fingerprint density at radius 1 is 1.06 bits per heavy atom. The van der Waals surface area contributed by atoms with E-state index in [1.807, 2.05) is 36.4 Å². The van der Waals surface area contributed by atoms with E-state index in [0.29, 0.717) is 25.1 Å². The summed E-state index contributed by atoms with van der Waals surface area (Å²) in [6.07, 6.45) is 10.3. The number of nitrogens with one attached hydrogen (secondary N) is 1. The summed E-state index contributed by atoms with van der Waals surface area (Å²) in [5.41, 5.74) is 2.21. The minimum Gasteiger partial charge on any atom is -0.347 e. The van der Waals surface area contributed by atoms with Gasteiger partial charge in [-0.05, 0) is 54.5 Å². The zero-order valence-corrected chi connectivity index (χ0v) is 17.9. The van der Waals surface area contributed by atoms with Crippen molar-refractivity contribution in [2.75, 3.05) is 13.1 Å². The second-order valence-corrected chi connectivity index (χ2v) is 8.85. The van der Waals surface area contributed by atoms with Crippen molar-refractivity contribution < 1.29 is 13.6 Å². The van der Waals surface area contributed by atoms with Crippen molar-refractivity contribution in [1.82, 2.24) is 10.2 Å². The molecule has 5 heteroatoms. The molecule has 0 saturated heterocycles. The van der Waals surface area contributed by atoms with Crippen LogP contribution in [0.2, 0.25) is 0 Å². The summed E-state index contributed by atoms with van der Waals surface area (Å²) in [7, 11) is 0. The van der Waals surface area contributed by atoms with Crippen LogP contribution in [-0.4, -0.2) is 29.4 Å². The lowest BCUT2D eigenvalue weighted by molar-refractivity contribution is -0.118. The van der Waals surface area contributed by atoms with E-state index in [-0.39, 0.29) is 11.4 Å². The summed E-state index contributed by atoms with van der Waals surface area (Å²) in [6, 6.07) is 12.7. The van der Waals surface area contributed by atoms with E-state index >= 15 is 0 Å². The summed E-state index contributed by atoms with van der Waals surface area (Å²) in [5, 5.41) is 3.32. The molecular weight excluding hydrogens is 394 g/mol. The molecule has 1 N–H and O–H groups in total. The molecule has 0 unspecified atom stereocenters. The lowest BCUT2D eigenvalue weighted by Gasteiger charge is -2.40. The average molecular weight is 425 g/mol. The third kappa shape index (κ3) is 5.40. The number of benzene rings is 2. The van der Waals surface area contributed by atoms with Gasteiger partial charge in [-0.1, -0.05) is 55.7 Å². The molecule has 4 rings (SSSR count). The van der Waals surface area contributed by atoms with Crippen LogP contribution in [0.15, 0.2) is 48.5 Å². The first-order valence-electron chi connectivity index (χ1n) is 11.3. The number of fused-ring (bicyclic) bond motifs is 1. The normalized spacial score (nSPS) is 18.6. The Bertz CT molecular complexity index is 936. The van der Waals surface area contributed by atoms with Crippen molar-refractivity contribution in [3.05, 3.63) is 76.9 Å². The summed E-state index contributed by atoms with van der Waals surface area (Å²) < 4.78 is 27.5. The van der Waals surface area contributed by atoms with E-state index in [0.717, 1.165) is 49.8 Å². The highest BCUT2D eigenvalue weighted by Crippen LogP contribution is 2.32.